The van der Waals surface area contributed by atoms with E-state index in [2.05, 4.69) is 48.4 Å². The lowest BCUT2D eigenvalue weighted by atomic mass is 10.0. The van der Waals surface area contributed by atoms with E-state index in [1.807, 2.05) is 13.8 Å². The molecule has 4 nitrogen and oxygen atoms in total. The van der Waals surface area contributed by atoms with Gasteiger partial charge in [-0.05, 0) is 51.3 Å². The van der Waals surface area contributed by atoms with E-state index in [4.69, 9.17) is 18.0 Å². The number of hydrogen-bond acceptors (Lipinski definition) is 4. The Bertz CT molecular complexity index is 699. The molecule has 1 heterocycles. The van der Waals surface area contributed by atoms with Crippen molar-refractivity contribution in [2.75, 3.05) is 5.32 Å². The van der Waals surface area contributed by atoms with Gasteiger partial charge in [0.05, 0.1) is 11.3 Å². The van der Waals surface area contributed by atoms with Crippen LogP contribution in [0.25, 0.3) is 0 Å². The van der Waals surface area contributed by atoms with Gasteiger partial charge in [0.2, 0.25) is 0 Å². The first-order chi connectivity index (χ1) is 9.81. The molecule has 0 saturated carbocycles. The summed E-state index contributed by atoms with van der Waals surface area (Å²) in [7, 11) is 0. The molecule has 0 radical (unpaired) electrons. The summed E-state index contributed by atoms with van der Waals surface area (Å²) in [5.41, 5.74) is 13.0. The molecule has 0 spiro atoms. The normalized spacial score (nSPS) is 10.5. The molecular weight excluding hydrogens is 280 g/mol. The topological polar surface area (TPSA) is 63.8 Å². The summed E-state index contributed by atoms with van der Waals surface area (Å²) >= 11 is 5.17. The van der Waals surface area contributed by atoms with E-state index >= 15 is 0 Å². The van der Waals surface area contributed by atoms with Crippen LogP contribution in [0.1, 0.15) is 33.5 Å². The largest absolute Gasteiger partial charge is 0.389 e. The predicted octanol–water partition coefficient (Wildman–Crippen LogP) is 3.40. The van der Waals surface area contributed by atoms with E-state index in [1.165, 1.54) is 5.56 Å². The number of rotatable bonds is 3. The van der Waals surface area contributed by atoms with Gasteiger partial charge >= 0.3 is 0 Å². The van der Waals surface area contributed by atoms with Gasteiger partial charge < -0.3 is 11.1 Å². The summed E-state index contributed by atoms with van der Waals surface area (Å²) in [4.78, 5) is 0.329. The number of aromatic nitrogens is 2. The van der Waals surface area contributed by atoms with Crippen molar-refractivity contribution in [2.45, 2.75) is 34.6 Å². The van der Waals surface area contributed by atoms with Crippen molar-refractivity contribution in [2.24, 2.45) is 5.73 Å². The average molecular weight is 300 g/mol. The van der Waals surface area contributed by atoms with Crippen LogP contribution in [0.4, 0.5) is 11.5 Å². The van der Waals surface area contributed by atoms with Crippen LogP contribution in [-0.4, -0.2) is 15.2 Å². The summed E-state index contributed by atoms with van der Waals surface area (Å²) in [5, 5.41) is 11.7. The monoisotopic (exact) mass is 300 g/mol. The first-order valence-corrected chi connectivity index (χ1v) is 7.20. The van der Waals surface area contributed by atoms with Crippen LogP contribution in [-0.2, 0) is 0 Å². The van der Waals surface area contributed by atoms with Gasteiger partial charge in [0.1, 0.15) is 4.99 Å². The second-order valence-electron chi connectivity index (χ2n) is 5.40. The van der Waals surface area contributed by atoms with E-state index < -0.39 is 0 Å². The third kappa shape index (κ3) is 3.03. The second kappa shape index (κ2) is 5.77. The zero-order valence-electron chi connectivity index (χ0n) is 13.0. The van der Waals surface area contributed by atoms with Crippen LogP contribution in [0.2, 0.25) is 0 Å². The summed E-state index contributed by atoms with van der Waals surface area (Å²) in [6.07, 6.45) is 0. The Kier molecular flexibility index (Phi) is 4.23. The van der Waals surface area contributed by atoms with Gasteiger partial charge in [-0.3, -0.25) is 0 Å². The van der Waals surface area contributed by atoms with Crippen LogP contribution in [0.3, 0.4) is 0 Å². The first-order valence-electron chi connectivity index (χ1n) is 6.79. The van der Waals surface area contributed by atoms with Gasteiger partial charge in [0.25, 0.3) is 0 Å². The molecule has 1 aromatic carbocycles. The van der Waals surface area contributed by atoms with Crippen LogP contribution < -0.4 is 11.1 Å². The van der Waals surface area contributed by atoms with Crippen LogP contribution in [0.5, 0.6) is 0 Å². The number of nitrogens with two attached hydrogens (primary N) is 1. The number of nitrogens with zero attached hydrogens (tertiary/aromatic N) is 2. The van der Waals surface area contributed by atoms with Crippen molar-refractivity contribution in [3.63, 3.8) is 0 Å². The Labute approximate surface area is 130 Å². The lowest BCUT2D eigenvalue weighted by Crippen LogP contribution is -2.17. The predicted molar refractivity (Wildman–Crippen MR) is 91.3 cm³/mol. The molecule has 3 N–H and O–H groups in total. The van der Waals surface area contributed by atoms with Crippen LogP contribution >= 0.6 is 12.2 Å². The maximum absolute atomic E-state index is 5.86. The fourth-order valence-electron chi connectivity index (χ4n) is 2.49. The van der Waals surface area contributed by atoms with Gasteiger partial charge in [-0.25, -0.2) is 0 Å². The molecule has 0 amide bonds. The number of anilines is 2. The molecule has 0 aliphatic carbocycles. The summed E-state index contributed by atoms with van der Waals surface area (Å²) in [6.45, 7) is 10.1. The molecule has 1 aromatic heterocycles. The fraction of sp³-hybridized carbons (Fsp3) is 0.312. The SMILES string of the molecule is Cc1cc(C)c(Nc2nnc(C)c(C)c2C(N)=S)c(C)c1. The highest BCUT2D eigenvalue weighted by atomic mass is 32.1. The highest BCUT2D eigenvalue weighted by Gasteiger charge is 2.15. The van der Waals surface area contributed by atoms with Crippen molar-refractivity contribution >= 4 is 28.7 Å². The van der Waals surface area contributed by atoms with Gasteiger partial charge in [0.15, 0.2) is 5.82 Å². The molecular formula is C16H20N4S. The Balaban J connectivity index is 2.55. The van der Waals surface area contributed by atoms with Gasteiger partial charge in [0, 0.05) is 5.69 Å². The molecule has 5 heteroatoms. The van der Waals surface area contributed by atoms with Crippen molar-refractivity contribution < 1.29 is 0 Å². The molecule has 0 saturated heterocycles. The molecule has 2 rings (SSSR count). The van der Waals surface area contributed by atoms with Crippen molar-refractivity contribution in [1.29, 1.82) is 0 Å². The fourth-order valence-corrected chi connectivity index (χ4v) is 2.74. The Hall–Kier alpha value is -2.01. The maximum atomic E-state index is 5.86. The molecule has 110 valence electrons. The molecule has 0 bridgehead atoms. The minimum atomic E-state index is 0.329. The lowest BCUT2D eigenvalue weighted by molar-refractivity contribution is 0.962. The van der Waals surface area contributed by atoms with Crippen molar-refractivity contribution in [3.8, 4) is 0 Å². The molecule has 0 atom stereocenters. The third-order valence-electron chi connectivity index (χ3n) is 3.62. The first kappa shape index (κ1) is 15.4. The van der Waals surface area contributed by atoms with Crippen LogP contribution in [0.15, 0.2) is 12.1 Å². The summed E-state index contributed by atoms with van der Waals surface area (Å²) in [6, 6.07) is 4.26. The van der Waals surface area contributed by atoms with E-state index in [0.717, 1.165) is 33.6 Å². The lowest BCUT2D eigenvalue weighted by Gasteiger charge is -2.17. The molecule has 21 heavy (non-hydrogen) atoms. The van der Waals surface area contributed by atoms with Crippen molar-refractivity contribution in [3.05, 3.63) is 45.6 Å². The van der Waals surface area contributed by atoms with Gasteiger partial charge in [-0.2, -0.15) is 5.10 Å². The zero-order valence-corrected chi connectivity index (χ0v) is 13.9. The molecule has 2 aromatic rings. The van der Waals surface area contributed by atoms with E-state index in [1.54, 1.807) is 0 Å². The smallest absolute Gasteiger partial charge is 0.163 e. The van der Waals surface area contributed by atoms with Gasteiger partial charge in [-0.1, -0.05) is 29.9 Å². The van der Waals surface area contributed by atoms with E-state index in [0.29, 0.717) is 10.8 Å². The number of nitrogens with one attached hydrogen (secondary N) is 1. The molecule has 0 unspecified atom stereocenters. The second-order valence-corrected chi connectivity index (χ2v) is 5.84. The van der Waals surface area contributed by atoms with Gasteiger partial charge in [-0.15, -0.1) is 5.10 Å². The molecule has 0 aliphatic heterocycles. The number of hydrogen-bond donors (Lipinski definition) is 2. The minimum absolute atomic E-state index is 0.329. The summed E-state index contributed by atoms with van der Waals surface area (Å²) in [5.74, 6) is 0.612. The van der Waals surface area contributed by atoms with Crippen molar-refractivity contribution in [1.82, 2.24) is 10.2 Å². The summed E-state index contributed by atoms with van der Waals surface area (Å²) < 4.78 is 0. The zero-order chi connectivity index (χ0) is 15.7. The quantitative estimate of drug-likeness (QED) is 0.851. The number of thiocarbonyl (C=S) groups is 1. The van der Waals surface area contributed by atoms with E-state index in [-0.39, 0.29) is 0 Å². The Morgan fingerprint density at radius 2 is 1.62 bits per heavy atom. The molecule has 0 fully saturated rings. The number of benzene rings is 1. The highest BCUT2D eigenvalue weighted by Crippen LogP contribution is 2.28. The highest BCUT2D eigenvalue weighted by molar-refractivity contribution is 7.80. The van der Waals surface area contributed by atoms with E-state index in [9.17, 15) is 0 Å². The standard InChI is InChI=1S/C16H20N4S/c1-8-6-9(2)14(10(3)7-8)18-16-13(15(17)21)11(4)12(5)19-20-16/h6-7H,1-5H3,(H2,17,21)(H,18,20). The third-order valence-corrected chi connectivity index (χ3v) is 3.83. The maximum Gasteiger partial charge on any atom is 0.163 e. The Morgan fingerprint density at radius 1 is 1.05 bits per heavy atom. The number of aryl methyl sites for hydroxylation is 4. The molecule has 0 aliphatic rings. The minimum Gasteiger partial charge on any atom is -0.389 e. The average Bonchev–Trinajstić information content (AvgIpc) is 2.37. The van der Waals surface area contributed by atoms with Crippen LogP contribution in [0, 0.1) is 34.6 Å². The Morgan fingerprint density at radius 3 is 2.14 bits per heavy atom.